The van der Waals surface area contributed by atoms with Gasteiger partial charge in [-0.25, -0.2) is 0 Å². The summed E-state index contributed by atoms with van der Waals surface area (Å²) in [4.78, 5) is 39.6. The number of carbonyl (C=O) groups excluding carboxylic acids is 3. The minimum Gasteiger partial charge on any atom is -0.324 e. The number of nitrogens with one attached hydrogen (secondary N) is 1. The monoisotopic (exact) mass is 602 g/mol. The molecule has 3 atom stereocenters. The lowest BCUT2D eigenvalue weighted by molar-refractivity contribution is -0.146. The van der Waals surface area contributed by atoms with Crippen molar-refractivity contribution in [2.24, 2.45) is 11.8 Å². The first-order valence-electron chi connectivity index (χ1n) is 11.3. The maximum Gasteiger partial charge on any atom is 0.247 e. The van der Waals surface area contributed by atoms with Crippen molar-refractivity contribution in [3.05, 3.63) is 98.5 Å². The lowest BCUT2D eigenvalue weighted by Gasteiger charge is -2.54. The summed E-state index contributed by atoms with van der Waals surface area (Å²) in [5.74, 6) is -3.45. The smallest absolute Gasteiger partial charge is 0.247 e. The van der Waals surface area contributed by atoms with E-state index < -0.39 is 45.3 Å². The molecule has 0 aromatic heterocycles. The summed E-state index contributed by atoms with van der Waals surface area (Å²) in [5, 5.41) is 3.16. The van der Waals surface area contributed by atoms with Crippen LogP contribution in [0.4, 0.5) is 5.69 Å². The molecule has 3 aliphatic carbocycles. The summed E-state index contributed by atoms with van der Waals surface area (Å²) in [6.45, 7) is 1.52. The minimum absolute atomic E-state index is 0.417. The van der Waals surface area contributed by atoms with Crippen LogP contribution in [0, 0.1) is 11.8 Å². The first-order chi connectivity index (χ1) is 17.1. The Balaban J connectivity index is 1.43. The number of rotatable bonds is 3. The zero-order chi connectivity index (χ0) is 25.6. The van der Waals surface area contributed by atoms with Crippen molar-refractivity contribution in [3.8, 4) is 0 Å². The molecule has 1 aliphatic heterocycles. The lowest BCUT2D eigenvalue weighted by Crippen LogP contribution is -2.57. The number of halogens is 4. The molecule has 0 spiro atoms. The van der Waals surface area contributed by atoms with E-state index in [2.05, 4.69) is 21.2 Å². The molecular formula is C27H18BrCl3N2O3. The maximum absolute atomic E-state index is 14.0. The normalized spacial score (nSPS) is 28.4. The van der Waals surface area contributed by atoms with Gasteiger partial charge in [0.1, 0.15) is 15.8 Å². The molecule has 1 N–H and O–H groups in total. The van der Waals surface area contributed by atoms with Gasteiger partial charge in [-0.2, -0.15) is 0 Å². The van der Waals surface area contributed by atoms with E-state index in [9.17, 15) is 14.4 Å². The van der Waals surface area contributed by atoms with Crippen LogP contribution in [0.1, 0.15) is 29.2 Å². The predicted octanol–water partition coefficient (Wildman–Crippen LogP) is 6.02. The molecular weight excluding hydrogens is 587 g/mol. The Morgan fingerprint density at radius 3 is 1.75 bits per heavy atom. The van der Waals surface area contributed by atoms with Gasteiger partial charge < -0.3 is 5.32 Å². The first kappa shape index (κ1) is 24.0. The van der Waals surface area contributed by atoms with Crippen LogP contribution in [0.15, 0.2) is 71.2 Å². The second kappa shape index (κ2) is 8.06. The van der Waals surface area contributed by atoms with Gasteiger partial charge in [0, 0.05) is 10.2 Å². The Kier molecular flexibility index (Phi) is 5.37. The molecule has 4 aliphatic rings. The molecule has 9 heteroatoms. The van der Waals surface area contributed by atoms with Gasteiger partial charge in [0.2, 0.25) is 17.7 Å². The summed E-state index contributed by atoms with van der Waals surface area (Å²) in [6, 6.07) is 18.7. The Hall–Kier alpha value is -2.38. The fourth-order valence-corrected chi connectivity index (χ4v) is 7.53. The van der Waals surface area contributed by atoms with Crippen LogP contribution in [0.5, 0.6) is 0 Å². The zero-order valence-electron chi connectivity index (χ0n) is 18.8. The molecule has 36 heavy (non-hydrogen) atoms. The van der Waals surface area contributed by atoms with Gasteiger partial charge >= 0.3 is 0 Å². The van der Waals surface area contributed by atoms with Crippen LogP contribution in [0.2, 0.25) is 5.02 Å². The van der Waals surface area contributed by atoms with Crippen molar-refractivity contribution in [2.75, 3.05) is 5.32 Å². The summed E-state index contributed by atoms with van der Waals surface area (Å²) in [7, 11) is 0. The van der Waals surface area contributed by atoms with E-state index in [1.54, 1.807) is 18.2 Å². The molecule has 0 saturated carbocycles. The number of hydrogen-bond donors (Lipinski definition) is 1. The summed E-state index contributed by atoms with van der Waals surface area (Å²) >= 11 is 24.3. The molecule has 3 aromatic rings. The highest BCUT2D eigenvalue weighted by Gasteiger charge is 2.73. The molecule has 0 unspecified atom stereocenters. The molecule has 0 radical (unpaired) electrons. The van der Waals surface area contributed by atoms with Crippen molar-refractivity contribution in [3.63, 3.8) is 0 Å². The van der Waals surface area contributed by atoms with Crippen molar-refractivity contribution in [1.29, 1.82) is 0 Å². The largest absolute Gasteiger partial charge is 0.324 e. The average Bonchev–Trinajstić information content (AvgIpc) is 3.15. The lowest BCUT2D eigenvalue weighted by atomic mass is 9.54. The summed E-state index contributed by atoms with van der Waals surface area (Å²) < 4.78 is 0.679. The van der Waals surface area contributed by atoms with Crippen molar-refractivity contribution >= 4 is 74.1 Å². The van der Waals surface area contributed by atoms with E-state index >= 15 is 0 Å². The van der Waals surface area contributed by atoms with E-state index in [1.165, 1.54) is 6.92 Å². The third kappa shape index (κ3) is 2.93. The summed E-state index contributed by atoms with van der Waals surface area (Å²) in [6.07, 6.45) is 0. The number of imide groups is 1. The van der Waals surface area contributed by atoms with E-state index in [-0.39, 0.29) is 0 Å². The van der Waals surface area contributed by atoms with Crippen molar-refractivity contribution in [2.45, 2.75) is 22.7 Å². The van der Waals surface area contributed by atoms with Gasteiger partial charge in [-0.3, -0.25) is 19.3 Å². The van der Waals surface area contributed by atoms with E-state index in [0.29, 0.717) is 37.4 Å². The number of likely N-dealkylation sites (tertiary alicyclic amines) is 1. The van der Waals surface area contributed by atoms with Crippen LogP contribution in [0.25, 0.3) is 0 Å². The van der Waals surface area contributed by atoms with Gasteiger partial charge in [0.05, 0.1) is 16.9 Å². The van der Waals surface area contributed by atoms with Crippen molar-refractivity contribution < 1.29 is 14.4 Å². The van der Waals surface area contributed by atoms with E-state index in [0.717, 1.165) is 4.90 Å². The van der Waals surface area contributed by atoms with E-state index in [4.69, 9.17) is 34.8 Å². The molecule has 1 heterocycles. The number of amides is 3. The first-order valence-corrected chi connectivity index (χ1v) is 13.2. The highest BCUT2D eigenvalue weighted by molar-refractivity contribution is 9.10. The molecule has 182 valence electrons. The molecule has 7 rings (SSSR count). The second-order valence-electron chi connectivity index (χ2n) is 9.31. The number of benzene rings is 3. The molecule has 3 amide bonds. The number of nitrogens with zero attached hydrogens (tertiary/aromatic N) is 1. The standard InChI is InChI=1S/C27H18BrCl3N2O3/c1-13(23(34)32-14-10-11-19(28)20(29)12-14)33-24(35)21-22(25(33)36)27(31)16-7-3-2-6-15(16)26(21,30)17-8-4-5-9-18(17)27/h2-13,21-22H,1H3,(H,32,34)/t13-,21+,22+,26?,27?/m1/s1. The van der Waals surface area contributed by atoms with Crippen LogP contribution in [0.3, 0.4) is 0 Å². The Morgan fingerprint density at radius 2 is 1.33 bits per heavy atom. The predicted molar refractivity (Wildman–Crippen MR) is 142 cm³/mol. The van der Waals surface area contributed by atoms with Crippen LogP contribution in [-0.2, 0) is 24.1 Å². The Labute approximate surface area is 230 Å². The van der Waals surface area contributed by atoms with Crippen LogP contribution < -0.4 is 5.32 Å². The van der Waals surface area contributed by atoms with Gasteiger partial charge in [0.15, 0.2) is 0 Å². The third-order valence-electron chi connectivity index (χ3n) is 7.57. The quantitative estimate of drug-likeness (QED) is 0.294. The molecule has 3 aromatic carbocycles. The van der Waals surface area contributed by atoms with Gasteiger partial charge in [-0.15, -0.1) is 23.2 Å². The summed E-state index contributed by atoms with van der Waals surface area (Å²) in [5.41, 5.74) is 3.30. The van der Waals surface area contributed by atoms with Gasteiger partial charge in [0.25, 0.3) is 0 Å². The second-order valence-corrected chi connectivity index (χ2v) is 11.8. The average molecular weight is 605 g/mol. The topological polar surface area (TPSA) is 66.5 Å². The van der Waals surface area contributed by atoms with E-state index in [1.807, 2.05) is 48.5 Å². The molecule has 1 saturated heterocycles. The highest BCUT2D eigenvalue weighted by Crippen LogP contribution is 2.69. The Bertz CT molecular complexity index is 1370. The fourth-order valence-electron chi connectivity index (χ4n) is 6.01. The zero-order valence-corrected chi connectivity index (χ0v) is 22.6. The molecule has 2 bridgehead atoms. The number of anilines is 1. The SMILES string of the molecule is C[C@H](C(=O)Nc1ccc(Br)c(Cl)c1)N1C(=O)[C@@H]2[C@@H](C1=O)C1(Cl)c3ccccc3C2(Cl)c2ccccc21. The number of carbonyl (C=O) groups is 3. The van der Waals surface area contributed by atoms with Crippen molar-refractivity contribution in [1.82, 2.24) is 4.90 Å². The maximum atomic E-state index is 14.0. The van der Waals surface area contributed by atoms with Crippen LogP contribution >= 0.6 is 50.7 Å². The number of alkyl halides is 2. The Morgan fingerprint density at radius 1 is 0.889 bits per heavy atom. The third-order valence-corrected chi connectivity index (χ3v) is 10.1. The molecule has 1 fully saturated rings. The minimum atomic E-state index is -1.29. The highest BCUT2D eigenvalue weighted by atomic mass is 79.9. The van der Waals surface area contributed by atoms with Crippen LogP contribution in [-0.4, -0.2) is 28.7 Å². The fraction of sp³-hybridized carbons (Fsp3) is 0.222. The molecule has 5 nitrogen and oxygen atoms in total. The van der Waals surface area contributed by atoms with Gasteiger partial charge in [-0.1, -0.05) is 60.1 Å². The van der Waals surface area contributed by atoms with Gasteiger partial charge in [-0.05, 0) is 63.3 Å². The number of hydrogen-bond acceptors (Lipinski definition) is 3.